The van der Waals surface area contributed by atoms with Crippen LogP contribution in [0.25, 0.3) is 0 Å². The van der Waals surface area contributed by atoms with Gasteiger partial charge in [-0.05, 0) is 40.6 Å². The van der Waals surface area contributed by atoms with Crippen LogP contribution in [-0.2, 0) is 0 Å². The topological polar surface area (TPSA) is 20.2 Å². The molecule has 0 amide bonds. The third-order valence-electron chi connectivity index (χ3n) is 1.76. The summed E-state index contributed by atoms with van der Waals surface area (Å²) in [5.74, 6) is 0. The van der Waals surface area contributed by atoms with Crippen LogP contribution >= 0.6 is 22.6 Å². The van der Waals surface area contributed by atoms with Crippen LogP contribution in [0.5, 0.6) is 0 Å². The molecule has 0 radical (unpaired) electrons. The molecule has 0 saturated heterocycles. The average Bonchev–Trinajstić information content (AvgIpc) is 2.08. The first-order chi connectivity index (χ1) is 5.66. The molecule has 1 unspecified atom stereocenters. The molecule has 1 aromatic rings. The summed E-state index contributed by atoms with van der Waals surface area (Å²) in [6.45, 7) is 5.58. The lowest BCUT2D eigenvalue weighted by Gasteiger charge is -2.09. The quantitative estimate of drug-likeness (QED) is 0.649. The maximum absolute atomic E-state index is 9.51. The number of hydrogen-bond donors (Lipinski definition) is 1. The van der Waals surface area contributed by atoms with Crippen molar-refractivity contribution in [3.63, 3.8) is 0 Å². The molecule has 0 aliphatic heterocycles. The summed E-state index contributed by atoms with van der Waals surface area (Å²) in [6, 6.07) is 5.89. The third kappa shape index (κ3) is 1.87. The van der Waals surface area contributed by atoms with Gasteiger partial charge in [-0.3, -0.25) is 0 Å². The van der Waals surface area contributed by atoms with E-state index >= 15 is 0 Å². The van der Waals surface area contributed by atoms with Gasteiger partial charge >= 0.3 is 0 Å². The van der Waals surface area contributed by atoms with Crippen LogP contribution in [0.15, 0.2) is 30.9 Å². The number of aliphatic hydroxyl groups excluding tert-OH is 1. The van der Waals surface area contributed by atoms with E-state index in [0.29, 0.717) is 0 Å². The molecule has 2 heteroatoms. The molecule has 1 nitrogen and oxygen atoms in total. The first kappa shape index (κ1) is 9.74. The second kappa shape index (κ2) is 4.05. The molecule has 1 aromatic carbocycles. The maximum Gasteiger partial charge on any atom is 0.0979 e. The Balaban J connectivity index is 3.15. The first-order valence-electron chi connectivity index (χ1n) is 3.72. The van der Waals surface area contributed by atoms with Crippen molar-refractivity contribution in [2.45, 2.75) is 13.0 Å². The minimum Gasteiger partial charge on any atom is -0.384 e. The van der Waals surface area contributed by atoms with Gasteiger partial charge in [-0.2, -0.15) is 0 Å². The molecular formula is C10H11IO. The molecule has 1 atom stereocenters. The summed E-state index contributed by atoms with van der Waals surface area (Å²) in [7, 11) is 0. The lowest BCUT2D eigenvalue weighted by Crippen LogP contribution is -1.97. The fourth-order valence-electron chi connectivity index (χ4n) is 1.03. The van der Waals surface area contributed by atoms with Gasteiger partial charge in [0.15, 0.2) is 0 Å². The van der Waals surface area contributed by atoms with Gasteiger partial charge < -0.3 is 5.11 Å². The summed E-state index contributed by atoms with van der Waals surface area (Å²) >= 11 is 2.24. The molecule has 1 rings (SSSR count). The van der Waals surface area contributed by atoms with Crippen molar-refractivity contribution in [2.75, 3.05) is 0 Å². The molecule has 0 bridgehead atoms. The highest BCUT2D eigenvalue weighted by molar-refractivity contribution is 14.1. The Morgan fingerprint density at radius 2 is 2.25 bits per heavy atom. The van der Waals surface area contributed by atoms with Gasteiger partial charge in [0.25, 0.3) is 0 Å². The van der Waals surface area contributed by atoms with Gasteiger partial charge in [-0.1, -0.05) is 24.3 Å². The summed E-state index contributed by atoms with van der Waals surface area (Å²) in [5, 5.41) is 9.51. The highest BCUT2D eigenvalue weighted by atomic mass is 127. The predicted molar refractivity (Wildman–Crippen MR) is 59.1 cm³/mol. The standard InChI is InChI=1S/C10H11IO/c1-3-9(12)8-6-4-5-7(2)10(8)11/h3-6,9,12H,1H2,2H3. The van der Waals surface area contributed by atoms with E-state index < -0.39 is 6.10 Å². The van der Waals surface area contributed by atoms with Crippen molar-refractivity contribution in [1.82, 2.24) is 0 Å². The Kier molecular flexibility index (Phi) is 3.29. The Hall–Kier alpha value is -0.350. The normalized spacial score (nSPS) is 12.6. The minimum absolute atomic E-state index is 0.545. The van der Waals surface area contributed by atoms with E-state index in [-0.39, 0.29) is 0 Å². The fourth-order valence-corrected chi connectivity index (χ4v) is 1.70. The molecule has 0 aromatic heterocycles. The number of aryl methyl sites for hydroxylation is 1. The Morgan fingerprint density at radius 3 is 2.83 bits per heavy atom. The van der Waals surface area contributed by atoms with E-state index in [1.54, 1.807) is 0 Å². The van der Waals surface area contributed by atoms with Crippen LogP contribution in [0, 0.1) is 10.5 Å². The Bertz CT molecular complexity index is 294. The number of benzene rings is 1. The van der Waals surface area contributed by atoms with Gasteiger partial charge in [0.1, 0.15) is 0 Å². The number of rotatable bonds is 2. The molecule has 0 aliphatic carbocycles. The van der Waals surface area contributed by atoms with Crippen molar-refractivity contribution in [2.24, 2.45) is 0 Å². The van der Waals surface area contributed by atoms with E-state index in [0.717, 1.165) is 9.13 Å². The summed E-state index contributed by atoms with van der Waals surface area (Å²) in [6.07, 6.45) is 0.994. The van der Waals surface area contributed by atoms with Gasteiger partial charge in [-0.15, -0.1) is 6.58 Å². The van der Waals surface area contributed by atoms with Crippen LogP contribution < -0.4 is 0 Å². The molecular weight excluding hydrogens is 263 g/mol. The second-order valence-corrected chi connectivity index (χ2v) is 3.74. The molecule has 0 aliphatic rings. The maximum atomic E-state index is 9.51. The molecule has 12 heavy (non-hydrogen) atoms. The molecule has 0 fully saturated rings. The van der Waals surface area contributed by atoms with Gasteiger partial charge in [0, 0.05) is 3.57 Å². The van der Waals surface area contributed by atoms with Gasteiger partial charge in [-0.25, -0.2) is 0 Å². The van der Waals surface area contributed by atoms with Crippen LogP contribution in [-0.4, -0.2) is 5.11 Å². The Labute approximate surface area is 86.3 Å². The largest absolute Gasteiger partial charge is 0.384 e. The highest BCUT2D eigenvalue weighted by Crippen LogP contribution is 2.23. The van der Waals surface area contributed by atoms with Crippen molar-refractivity contribution < 1.29 is 5.11 Å². The summed E-state index contributed by atoms with van der Waals surface area (Å²) in [5.41, 5.74) is 2.12. The van der Waals surface area contributed by atoms with E-state index in [1.165, 1.54) is 11.6 Å². The fraction of sp³-hybridized carbons (Fsp3) is 0.200. The number of halogens is 1. The third-order valence-corrected chi connectivity index (χ3v) is 3.24. The monoisotopic (exact) mass is 274 g/mol. The zero-order valence-electron chi connectivity index (χ0n) is 6.92. The summed E-state index contributed by atoms with van der Waals surface area (Å²) in [4.78, 5) is 0. The number of aliphatic hydroxyl groups is 1. The van der Waals surface area contributed by atoms with E-state index in [9.17, 15) is 5.11 Å². The minimum atomic E-state index is -0.545. The smallest absolute Gasteiger partial charge is 0.0979 e. The van der Waals surface area contributed by atoms with Crippen LogP contribution in [0.3, 0.4) is 0 Å². The van der Waals surface area contributed by atoms with E-state index in [1.807, 2.05) is 25.1 Å². The summed E-state index contributed by atoms with van der Waals surface area (Å²) < 4.78 is 1.11. The van der Waals surface area contributed by atoms with E-state index in [4.69, 9.17) is 0 Å². The first-order valence-corrected chi connectivity index (χ1v) is 4.80. The SMILES string of the molecule is C=CC(O)c1cccc(C)c1I. The Morgan fingerprint density at radius 1 is 1.58 bits per heavy atom. The zero-order chi connectivity index (χ0) is 9.14. The van der Waals surface area contributed by atoms with E-state index in [2.05, 4.69) is 29.2 Å². The van der Waals surface area contributed by atoms with Crippen LogP contribution in [0.2, 0.25) is 0 Å². The molecule has 1 N–H and O–H groups in total. The van der Waals surface area contributed by atoms with Crippen molar-refractivity contribution >= 4 is 22.6 Å². The van der Waals surface area contributed by atoms with Crippen molar-refractivity contribution in [1.29, 1.82) is 0 Å². The van der Waals surface area contributed by atoms with Crippen molar-refractivity contribution in [3.8, 4) is 0 Å². The molecule has 0 saturated carbocycles. The van der Waals surface area contributed by atoms with Crippen LogP contribution in [0.1, 0.15) is 17.2 Å². The van der Waals surface area contributed by atoms with Crippen LogP contribution in [0.4, 0.5) is 0 Å². The lowest BCUT2D eigenvalue weighted by atomic mass is 10.1. The molecule has 64 valence electrons. The highest BCUT2D eigenvalue weighted by Gasteiger charge is 2.07. The average molecular weight is 274 g/mol. The van der Waals surface area contributed by atoms with Crippen molar-refractivity contribution in [3.05, 3.63) is 45.6 Å². The number of hydrogen-bond acceptors (Lipinski definition) is 1. The van der Waals surface area contributed by atoms with Gasteiger partial charge in [0.2, 0.25) is 0 Å². The predicted octanol–water partition coefficient (Wildman–Crippen LogP) is 2.82. The molecule has 0 heterocycles. The van der Waals surface area contributed by atoms with Gasteiger partial charge in [0.05, 0.1) is 6.10 Å². The zero-order valence-corrected chi connectivity index (χ0v) is 9.08. The second-order valence-electron chi connectivity index (χ2n) is 2.66. The molecule has 0 spiro atoms. The lowest BCUT2D eigenvalue weighted by molar-refractivity contribution is 0.228.